The van der Waals surface area contributed by atoms with Crippen LogP contribution in [0.1, 0.15) is 15.9 Å². The average Bonchev–Trinajstić information content (AvgIpc) is 3.01. The van der Waals surface area contributed by atoms with Gasteiger partial charge in [0.05, 0.1) is 17.0 Å². The fourth-order valence-electron chi connectivity index (χ4n) is 3.64. The lowest BCUT2D eigenvalue weighted by molar-refractivity contribution is 0.104. The lowest BCUT2D eigenvalue weighted by atomic mass is 9.95. The van der Waals surface area contributed by atoms with Crippen LogP contribution in [0.4, 0.5) is 0 Å². The van der Waals surface area contributed by atoms with Gasteiger partial charge >= 0.3 is 0 Å². The van der Waals surface area contributed by atoms with E-state index in [1.807, 2.05) is 30.3 Å². The fourth-order valence-corrected chi connectivity index (χ4v) is 3.64. The van der Waals surface area contributed by atoms with E-state index in [0.29, 0.717) is 22.5 Å². The van der Waals surface area contributed by atoms with Gasteiger partial charge in [0.15, 0.2) is 5.78 Å². The molecule has 0 atom stereocenters. The summed E-state index contributed by atoms with van der Waals surface area (Å²) < 4.78 is 0. The van der Waals surface area contributed by atoms with Crippen LogP contribution in [-0.2, 0) is 0 Å². The van der Waals surface area contributed by atoms with Gasteiger partial charge in [-0.2, -0.15) is 0 Å². The number of benzene rings is 3. The molecule has 0 saturated carbocycles. The molecule has 4 heteroatoms. The Morgan fingerprint density at radius 2 is 1.21 bits per heavy atom. The van der Waals surface area contributed by atoms with Gasteiger partial charge in [-0.1, -0.05) is 36.4 Å². The highest BCUT2D eigenvalue weighted by molar-refractivity contribution is 6.24. The molecule has 0 aliphatic heterocycles. The number of hydrogen-bond acceptors (Lipinski definition) is 4. The Balaban J connectivity index is 1.81. The van der Waals surface area contributed by atoms with Gasteiger partial charge in [0.25, 0.3) is 0 Å². The van der Waals surface area contributed by atoms with Crippen molar-refractivity contribution in [3.8, 4) is 45.1 Å². The van der Waals surface area contributed by atoms with E-state index in [1.54, 1.807) is 48.5 Å². The molecule has 0 fully saturated rings. The maximum Gasteiger partial charge on any atom is 0.196 e. The molecule has 1 aliphatic carbocycles. The highest BCUT2D eigenvalue weighted by Crippen LogP contribution is 2.42. The fraction of sp³-hybridized carbons (Fsp3) is 0. The van der Waals surface area contributed by atoms with Crippen molar-refractivity contribution < 1.29 is 15.0 Å². The van der Waals surface area contributed by atoms with E-state index in [9.17, 15) is 15.0 Å². The number of carbonyl (C=O) groups is 1. The molecule has 28 heavy (non-hydrogen) atoms. The van der Waals surface area contributed by atoms with Crippen molar-refractivity contribution in [3.05, 3.63) is 90.0 Å². The summed E-state index contributed by atoms with van der Waals surface area (Å²) in [5.74, 6) is 0.311. The van der Waals surface area contributed by atoms with Crippen LogP contribution in [-0.4, -0.2) is 21.0 Å². The summed E-state index contributed by atoms with van der Waals surface area (Å²) in [6.07, 6.45) is 0. The van der Waals surface area contributed by atoms with Crippen molar-refractivity contribution in [2.24, 2.45) is 0 Å². The first-order chi connectivity index (χ1) is 13.6. The number of aromatic hydroxyl groups is 2. The standard InChI is InChI=1S/C24H15NO3/c26-16-9-5-14(6-10-16)20-13-21(15-7-11-17(27)12-8-15)25-23-18-3-1-2-4-19(18)24(28)22(20)23/h1-13,26-27H. The third-order valence-corrected chi connectivity index (χ3v) is 5.01. The van der Waals surface area contributed by atoms with Crippen LogP contribution in [0.25, 0.3) is 33.6 Å². The highest BCUT2D eigenvalue weighted by Gasteiger charge is 2.31. The normalized spacial score (nSPS) is 11.9. The van der Waals surface area contributed by atoms with Crippen LogP contribution in [0, 0.1) is 0 Å². The topological polar surface area (TPSA) is 70.4 Å². The molecule has 0 bridgehead atoms. The molecule has 134 valence electrons. The maximum atomic E-state index is 13.1. The first-order valence-electron chi connectivity index (χ1n) is 8.90. The largest absolute Gasteiger partial charge is 0.508 e. The van der Waals surface area contributed by atoms with Gasteiger partial charge in [0, 0.05) is 16.7 Å². The molecule has 1 aromatic heterocycles. The Bertz CT molecular complexity index is 1230. The summed E-state index contributed by atoms with van der Waals surface area (Å²) in [6.45, 7) is 0. The zero-order chi connectivity index (χ0) is 19.3. The van der Waals surface area contributed by atoms with E-state index in [4.69, 9.17) is 4.98 Å². The maximum absolute atomic E-state index is 13.1. The first kappa shape index (κ1) is 16.3. The molecule has 0 amide bonds. The number of nitrogens with zero attached hydrogens (tertiary/aromatic N) is 1. The minimum atomic E-state index is -0.0431. The Labute approximate surface area is 161 Å². The Hall–Kier alpha value is -3.92. The lowest BCUT2D eigenvalue weighted by Crippen LogP contribution is -2.00. The third kappa shape index (κ3) is 2.47. The molecular formula is C24H15NO3. The highest BCUT2D eigenvalue weighted by atomic mass is 16.3. The van der Waals surface area contributed by atoms with E-state index in [1.165, 1.54) is 0 Å². The molecule has 1 heterocycles. The van der Waals surface area contributed by atoms with Crippen molar-refractivity contribution >= 4 is 5.78 Å². The molecule has 5 rings (SSSR count). The van der Waals surface area contributed by atoms with Gasteiger partial charge < -0.3 is 10.2 Å². The molecule has 4 aromatic rings. The molecular weight excluding hydrogens is 350 g/mol. The van der Waals surface area contributed by atoms with Crippen LogP contribution in [0.15, 0.2) is 78.9 Å². The van der Waals surface area contributed by atoms with Gasteiger partial charge in [0.2, 0.25) is 0 Å². The average molecular weight is 365 g/mol. The van der Waals surface area contributed by atoms with E-state index < -0.39 is 0 Å². The molecule has 1 aliphatic rings. The summed E-state index contributed by atoms with van der Waals surface area (Å²) >= 11 is 0. The molecule has 3 aromatic carbocycles. The first-order valence-corrected chi connectivity index (χ1v) is 8.90. The van der Waals surface area contributed by atoms with Gasteiger partial charge in [0.1, 0.15) is 11.5 Å². The minimum Gasteiger partial charge on any atom is -0.508 e. The molecule has 0 saturated heterocycles. The number of ketones is 1. The summed E-state index contributed by atoms with van der Waals surface area (Å²) in [5.41, 5.74) is 5.87. The number of carbonyl (C=O) groups excluding carboxylic acids is 1. The van der Waals surface area contributed by atoms with Crippen LogP contribution in [0.5, 0.6) is 11.5 Å². The van der Waals surface area contributed by atoms with Crippen molar-refractivity contribution in [2.75, 3.05) is 0 Å². The van der Waals surface area contributed by atoms with E-state index >= 15 is 0 Å². The van der Waals surface area contributed by atoms with Gasteiger partial charge in [-0.05, 0) is 53.6 Å². The number of rotatable bonds is 2. The summed E-state index contributed by atoms with van der Waals surface area (Å²) in [5, 5.41) is 19.2. The third-order valence-electron chi connectivity index (χ3n) is 5.01. The summed E-state index contributed by atoms with van der Waals surface area (Å²) in [7, 11) is 0. The predicted octanol–water partition coefficient (Wildman–Crippen LogP) is 5.04. The Morgan fingerprint density at radius 1 is 0.643 bits per heavy atom. The van der Waals surface area contributed by atoms with Crippen LogP contribution in [0.3, 0.4) is 0 Å². The van der Waals surface area contributed by atoms with E-state index in [2.05, 4.69) is 0 Å². The van der Waals surface area contributed by atoms with Gasteiger partial charge in [-0.15, -0.1) is 0 Å². The molecule has 0 spiro atoms. The molecule has 4 nitrogen and oxygen atoms in total. The van der Waals surface area contributed by atoms with Gasteiger partial charge in [-0.3, -0.25) is 4.79 Å². The smallest absolute Gasteiger partial charge is 0.196 e. The minimum absolute atomic E-state index is 0.0431. The van der Waals surface area contributed by atoms with Crippen molar-refractivity contribution in [2.45, 2.75) is 0 Å². The predicted molar refractivity (Wildman–Crippen MR) is 107 cm³/mol. The summed E-state index contributed by atoms with van der Waals surface area (Å²) in [4.78, 5) is 17.9. The second-order valence-corrected chi connectivity index (χ2v) is 6.75. The SMILES string of the molecule is O=C1c2ccccc2-c2nc(-c3ccc(O)cc3)cc(-c3ccc(O)cc3)c21. The van der Waals surface area contributed by atoms with E-state index in [0.717, 1.165) is 22.3 Å². The Morgan fingerprint density at radius 3 is 1.86 bits per heavy atom. The lowest BCUT2D eigenvalue weighted by Gasteiger charge is -2.12. The second kappa shape index (κ2) is 6.06. The van der Waals surface area contributed by atoms with Crippen LogP contribution in [0.2, 0.25) is 0 Å². The van der Waals surface area contributed by atoms with Crippen molar-refractivity contribution in [1.29, 1.82) is 0 Å². The number of aromatic nitrogens is 1. The zero-order valence-corrected chi connectivity index (χ0v) is 14.8. The van der Waals surface area contributed by atoms with Crippen molar-refractivity contribution in [1.82, 2.24) is 4.98 Å². The molecule has 0 radical (unpaired) electrons. The summed E-state index contributed by atoms with van der Waals surface area (Å²) in [6, 6.07) is 23.0. The number of pyridine rings is 1. The number of phenolic OH excluding ortho intramolecular Hbond substituents is 2. The number of hydrogen-bond donors (Lipinski definition) is 2. The number of fused-ring (bicyclic) bond motifs is 3. The monoisotopic (exact) mass is 365 g/mol. The zero-order valence-electron chi connectivity index (χ0n) is 14.8. The second-order valence-electron chi connectivity index (χ2n) is 6.75. The van der Waals surface area contributed by atoms with Crippen LogP contribution >= 0.6 is 0 Å². The number of phenols is 2. The van der Waals surface area contributed by atoms with Gasteiger partial charge in [-0.25, -0.2) is 4.98 Å². The quantitative estimate of drug-likeness (QED) is 0.460. The Kier molecular flexibility index (Phi) is 3.52. The molecule has 2 N–H and O–H groups in total. The molecule has 0 unspecified atom stereocenters. The van der Waals surface area contributed by atoms with Crippen molar-refractivity contribution in [3.63, 3.8) is 0 Å². The van der Waals surface area contributed by atoms with E-state index in [-0.39, 0.29) is 17.3 Å². The van der Waals surface area contributed by atoms with Crippen LogP contribution < -0.4 is 0 Å².